The monoisotopic (exact) mass is 87.0 g/mol. The van der Waals surface area contributed by atoms with E-state index in [0.29, 0.717) is 6.61 Å². The van der Waals surface area contributed by atoms with Gasteiger partial charge < -0.3 is 4.76 Å². The molecule has 1 N–H and O–H groups in total. The molecule has 0 spiro atoms. The maximum absolute atomic E-state index is 4.48. The Bertz CT molecular complexity index is 23.5. The Morgan fingerprint density at radius 3 is 2.67 bits per heavy atom. The zero-order valence-electron chi connectivity index (χ0n) is 3.60. The van der Waals surface area contributed by atoms with Crippen LogP contribution in [-0.4, -0.2) is 14.7 Å². The molecule has 0 aliphatic carbocycles. The lowest BCUT2D eigenvalue weighted by molar-refractivity contribution is -0.0980. The van der Waals surface area contributed by atoms with E-state index < -0.39 is 0 Å². The maximum atomic E-state index is 4.48. The average Bonchev–Trinajstić information content (AvgIpc) is 1.61. The Balaban J connectivity index is 2.34. The predicted octanol–water partition coefficient (Wildman–Crippen LogP) is -0.457. The van der Waals surface area contributed by atoms with Gasteiger partial charge in [0.25, 0.3) is 0 Å². The fourth-order valence-electron chi connectivity index (χ4n) is 0.0929. The normalized spacial score (nSPS) is 8.83. The molecule has 0 unspecified atom stereocenters. The van der Waals surface area contributed by atoms with Crippen molar-refractivity contribution in [3.63, 3.8) is 0 Å². The Hall–Kier alpha value is -0.0551. The number of hydrogen-bond donors (Lipinski definition) is 1. The molecule has 0 atom stereocenters. The largest absolute Gasteiger partial charge is 0.355 e. The van der Waals surface area contributed by atoms with Crippen LogP contribution in [0.2, 0.25) is 0 Å². The van der Waals surface area contributed by atoms with Crippen LogP contribution in [0.4, 0.5) is 0 Å². The molecular weight excluding hydrogens is 80.8 g/mol. The maximum Gasteiger partial charge on any atom is 0.320 e. The van der Waals surface area contributed by atoms with Gasteiger partial charge in [0.1, 0.15) is 0 Å². The lowest BCUT2D eigenvalue weighted by Crippen LogP contribution is -2.12. The molecule has 0 rings (SSSR count). The molecule has 4 heteroatoms. The first-order valence-electron chi connectivity index (χ1n) is 1.64. The van der Waals surface area contributed by atoms with Crippen LogP contribution < -0.4 is 5.64 Å². The van der Waals surface area contributed by atoms with Crippen LogP contribution in [0.3, 0.4) is 0 Å². The highest BCUT2D eigenvalue weighted by Crippen LogP contribution is 1.58. The van der Waals surface area contributed by atoms with Crippen LogP contribution >= 0.6 is 0 Å². The Morgan fingerprint density at radius 2 is 2.50 bits per heavy atom. The van der Waals surface area contributed by atoms with Crippen molar-refractivity contribution in [2.75, 3.05) is 6.61 Å². The highest BCUT2D eigenvalue weighted by Gasteiger charge is 1.68. The summed E-state index contributed by atoms with van der Waals surface area (Å²) in [4.78, 5) is 4.39. The van der Waals surface area contributed by atoms with E-state index in [2.05, 4.69) is 17.6 Å². The molecule has 0 saturated carbocycles. The summed E-state index contributed by atoms with van der Waals surface area (Å²) in [5, 5.41) is 0. The van der Waals surface area contributed by atoms with Crippen molar-refractivity contribution >= 4 is 8.05 Å². The summed E-state index contributed by atoms with van der Waals surface area (Å²) in [6.45, 7) is 2.35. The van der Waals surface area contributed by atoms with Gasteiger partial charge >= 0.3 is 8.05 Å². The van der Waals surface area contributed by atoms with Gasteiger partial charge in [-0.1, -0.05) is 5.64 Å². The molecule has 2 radical (unpaired) electrons. The second-order valence-electron chi connectivity index (χ2n) is 0.634. The predicted molar refractivity (Wildman–Crippen MR) is 21.6 cm³/mol. The molecule has 0 aromatic rings. The Labute approximate surface area is 38.0 Å². The van der Waals surface area contributed by atoms with Crippen LogP contribution in [0.15, 0.2) is 0 Å². The zero-order valence-corrected chi connectivity index (χ0v) is 3.60. The van der Waals surface area contributed by atoms with Crippen molar-refractivity contribution in [2.45, 2.75) is 6.92 Å². The first-order chi connectivity index (χ1) is 2.91. The molecule has 3 nitrogen and oxygen atoms in total. The van der Waals surface area contributed by atoms with Crippen molar-refractivity contribution in [3.05, 3.63) is 0 Å². The van der Waals surface area contributed by atoms with Crippen LogP contribution in [0.25, 0.3) is 0 Å². The molecule has 0 fully saturated rings. The van der Waals surface area contributed by atoms with Crippen molar-refractivity contribution in [2.24, 2.45) is 0 Å². The second-order valence-corrected chi connectivity index (χ2v) is 0.634. The van der Waals surface area contributed by atoms with Gasteiger partial charge in [0.2, 0.25) is 0 Å². The average molecular weight is 86.9 g/mol. The summed E-state index contributed by atoms with van der Waals surface area (Å²) in [6.07, 6.45) is 0. The minimum atomic E-state index is 0.539. The fraction of sp³-hybridized carbons (Fsp3) is 1.00. The van der Waals surface area contributed by atoms with E-state index >= 15 is 0 Å². The topological polar surface area (TPSA) is 30.5 Å². The smallest absolute Gasteiger partial charge is 0.320 e. The van der Waals surface area contributed by atoms with Crippen LogP contribution in [0.1, 0.15) is 6.92 Å². The first-order valence-corrected chi connectivity index (χ1v) is 1.64. The molecule has 0 aromatic heterocycles. The third-order valence-corrected chi connectivity index (χ3v) is 0.251. The molecule has 0 aliphatic heterocycles. The summed E-state index contributed by atoms with van der Waals surface area (Å²) >= 11 is 0. The van der Waals surface area contributed by atoms with E-state index in [1.807, 2.05) is 12.6 Å². The Kier molecular flexibility index (Phi) is 4.90. The first kappa shape index (κ1) is 5.94. The SMILES string of the molecule is [B]ONOCC. The van der Waals surface area contributed by atoms with Crippen molar-refractivity contribution in [1.82, 2.24) is 5.64 Å². The minimum Gasteiger partial charge on any atom is -0.355 e. The van der Waals surface area contributed by atoms with Gasteiger partial charge in [-0.2, -0.15) is 0 Å². The third-order valence-electron chi connectivity index (χ3n) is 0.251. The fourth-order valence-corrected chi connectivity index (χ4v) is 0.0929. The molecular formula is C2H6BNO2. The van der Waals surface area contributed by atoms with Gasteiger partial charge in [0, 0.05) is 0 Å². The summed E-state index contributed by atoms with van der Waals surface area (Å²) in [5.74, 6) is 0. The van der Waals surface area contributed by atoms with E-state index in [9.17, 15) is 0 Å². The van der Waals surface area contributed by atoms with Crippen LogP contribution in [0, 0.1) is 0 Å². The van der Waals surface area contributed by atoms with E-state index in [4.69, 9.17) is 0 Å². The number of nitrogens with one attached hydrogen (secondary N) is 1. The van der Waals surface area contributed by atoms with Crippen molar-refractivity contribution in [3.8, 4) is 0 Å². The van der Waals surface area contributed by atoms with Crippen LogP contribution in [0.5, 0.6) is 0 Å². The number of hydrogen-bond acceptors (Lipinski definition) is 3. The molecule has 6 heavy (non-hydrogen) atoms. The molecule has 0 heterocycles. The summed E-state index contributed by atoms with van der Waals surface area (Å²) < 4.78 is 3.81. The highest BCUT2D eigenvalue weighted by atomic mass is 16.9. The van der Waals surface area contributed by atoms with Gasteiger partial charge in [0.05, 0.1) is 6.61 Å². The Morgan fingerprint density at radius 1 is 1.83 bits per heavy atom. The summed E-state index contributed by atoms with van der Waals surface area (Å²) in [5.41, 5.74) is 1.98. The zero-order chi connectivity index (χ0) is 4.83. The minimum absolute atomic E-state index is 0.539. The van der Waals surface area contributed by atoms with Crippen molar-refractivity contribution in [1.29, 1.82) is 0 Å². The highest BCUT2D eigenvalue weighted by molar-refractivity contribution is 5.97. The molecule has 34 valence electrons. The molecule has 0 saturated heterocycles. The van der Waals surface area contributed by atoms with E-state index in [0.717, 1.165) is 0 Å². The molecule has 0 amide bonds. The second kappa shape index (κ2) is 4.94. The standard InChI is InChI=1S/C2H6BNO2/c1-2-5-4-6-3/h4H,2H2,1H3. The molecule has 0 bridgehead atoms. The van der Waals surface area contributed by atoms with E-state index in [-0.39, 0.29) is 0 Å². The van der Waals surface area contributed by atoms with Gasteiger partial charge in [-0.25, -0.2) is 0 Å². The third kappa shape index (κ3) is 3.94. The van der Waals surface area contributed by atoms with Gasteiger partial charge in [-0.15, -0.1) is 0 Å². The summed E-state index contributed by atoms with van der Waals surface area (Å²) in [7, 11) is 4.48. The van der Waals surface area contributed by atoms with Crippen LogP contribution in [-0.2, 0) is 9.59 Å². The van der Waals surface area contributed by atoms with E-state index in [1.54, 1.807) is 0 Å². The molecule has 0 aliphatic rings. The summed E-state index contributed by atoms with van der Waals surface area (Å²) in [6, 6.07) is 0. The van der Waals surface area contributed by atoms with Gasteiger partial charge in [0.15, 0.2) is 0 Å². The molecule has 0 aromatic carbocycles. The van der Waals surface area contributed by atoms with Gasteiger partial charge in [-0.3, -0.25) is 4.84 Å². The lowest BCUT2D eigenvalue weighted by atomic mass is 10.6. The van der Waals surface area contributed by atoms with Crippen molar-refractivity contribution < 1.29 is 9.59 Å². The lowest BCUT2D eigenvalue weighted by Gasteiger charge is -1.95. The van der Waals surface area contributed by atoms with Gasteiger partial charge in [-0.05, 0) is 6.92 Å². The quantitative estimate of drug-likeness (QED) is 0.287. The van der Waals surface area contributed by atoms with E-state index in [1.165, 1.54) is 0 Å². The number of rotatable bonds is 3.